The highest BCUT2D eigenvalue weighted by molar-refractivity contribution is 7.90. The van der Waals surface area contributed by atoms with E-state index in [1.54, 1.807) is 0 Å². The van der Waals surface area contributed by atoms with Crippen molar-refractivity contribution in [1.82, 2.24) is 29.5 Å². The molecule has 0 unspecified atom stereocenters. The van der Waals surface area contributed by atoms with Crippen molar-refractivity contribution in [3.63, 3.8) is 0 Å². The van der Waals surface area contributed by atoms with Crippen LogP contribution in [0.3, 0.4) is 0 Å². The molecule has 13 heteroatoms. The van der Waals surface area contributed by atoms with Crippen molar-refractivity contribution in [2.24, 2.45) is 4.99 Å². The molecule has 0 spiro atoms. The summed E-state index contributed by atoms with van der Waals surface area (Å²) in [5, 5.41) is 17.4. The predicted octanol–water partition coefficient (Wildman–Crippen LogP) is -2.09. The Morgan fingerprint density at radius 1 is 1.39 bits per heavy atom. The van der Waals surface area contributed by atoms with E-state index < -0.39 is 15.5 Å². The normalized spacial score (nSPS) is 16.2. The predicted molar refractivity (Wildman–Crippen MR) is 99.4 cm³/mol. The number of fused-ring (bicyclic) bond motifs is 1. The molecule has 0 radical (unpaired) electrons. The van der Waals surface area contributed by atoms with Crippen molar-refractivity contribution in [3.8, 4) is 5.88 Å². The minimum atomic E-state index is -3.13. The molecule has 0 saturated heterocycles. The van der Waals surface area contributed by atoms with E-state index in [1.165, 1.54) is 16.8 Å². The van der Waals surface area contributed by atoms with E-state index in [4.69, 9.17) is 0 Å². The Bertz CT molecular complexity index is 1320. The van der Waals surface area contributed by atoms with Crippen molar-refractivity contribution in [2.45, 2.75) is 18.9 Å². The van der Waals surface area contributed by atoms with Gasteiger partial charge in [-0.25, -0.2) is 18.2 Å². The van der Waals surface area contributed by atoms with Gasteiger partial charge in [0.2, 0.25) is 11.8 Å². The lowest BCUT2D eigenvalue weighted by molar-refractivity contribution is 0.454. The van der Waals surface area contributed by atoms with Gasteiger partial charge in [0, 0.05) is 18.0 Å². The number of aromatic hydroxyl groups is 1. The number of hydrogen-bond acceptors (Lipinski definition) is 9. The van der Waals surface area contributed by atoms with Crippen molar-refractivity contribution < 1.29 is 13.5 Å². The molecule has 1 aliphatic carbocycles. The average molecular weight is 406 g/mol. The summed E-state index contributed by atoms with van der Waals surface area (Å²) in [4.78, 5) is 29.3. The Kier molecular flexibility index (Phi) is 4.37. The van der Waals surface area contributed by atoms with Crippen molar-refractivity contribution >= 4 is 27.5 Å². The maximum Gasteiger partial charge on any atom is 0.326 e. The zero-order valence-corrected chi connectivity index (χ0v) is 15.7. The summed E-state index contributed by atoms with van der Waals surface area (Å²) in [6.45, 7) is 0.150. The molecule has 4 N–H and O–H groups in total. The highest BCUT2D eigenvalue weighted by atomic mass is 32.2. The molecular formula is C15H18N8O4S. The van der Waals surface area contributed by atoms with Crippen LogP contribution in [-0.2, 0) is 9.84 Å². The second-order valence-electron chi connectivity index (χ2n) is 6.59. The van der Waals surface area contributed by atoms with Gasteiger partial charge in [0.15, 0.2) is 5.65 Å². The fraction of sp³-hybridized carbons (Fsp3) is 0.400. The third-order valence-electron chi connectivity index (χ3n) is 4.01. The molecular weight excluding hydrogens is 388 g/mol. The van der Waals surface area contributed by atoms with E-state index in [2.05, 4.69) is 35.3 Å². The number of anilines is 1. The van der Waals surface area contributed by atoms with Crippen LogP contribution in [0.15, 0.2) is 16.0 Å². The molecule has 0 amide bonds. The zero-order valence-electron chi connectivity index (χ0n) is 14.9. The largest absolute Gasteiger partial charge is 0.493 e. The Morgan fingerprint density at radius 2 is 2.18 bits per heavy atom. The number of rotatable bonds is 6. The Labute approximate surface area is 158 Å². The number of hydrogen-bond donors (Lipinski definition) is 4. The molecule has 3 heterocycles. The van der Waals surface area contributed by atoms with Crippen molar-refractivity contribution in [3.05, 3.63) is 33.2 Å². The van der Waals surface area contributed by atoms with Gasteiger partial charge in [-0.05, 0) is 18.9 Å². The van der Waals surface area contributed by atoms with Crippen LogP contribution in [0, 0.1) is 0 Å². The summed E-state index contributed by atoms with van der Waals surface area (Å²) in [6, 6.07) is 0.184. The van der Waals surface area contributed by atoms with Crippen molar-refractivity contribution in [2.75, 3.05) is 23.9 Å². The van der Waals surface area contributed by atoms with Gasteiger partial charge >= 0.3 is 5.69 Å². The Morgan fingerprint density at radius 3 is 2.82 bits per heavy atom. The van der Waals surface area contributed by atoms with Gasteiger partial charge in [-0.15, -0.1) is 0 Å². The third kappa shape index (κ3) is 4.03. The number of aromatic amines is 2. The molecule has 28 heavy (non-hydrogen) atoms. The number of H-pyrrole nitrogens is 2. The SMILES string of the molecule is CS(=O)(=O)CCNc1nc(=NC2CC2)n2ncc(=Cc3[nH]c(=O)[nH]c3O)c2n1. The molecule has 148 valence electrons. The fourth-order valence-electron chi connectivity index (χ4n) is 2.51. The molecule has 0 aromatic carbocycles. The maximum atomic E-state index is 11.3. The van der Waals surface area contributed by atoms with E-state index >= 15 is 0 Å². The van der Waals surface area contributed by atoms with E-state index in [0.29, 0.717) is 16.5 Å². The summed E-state index contributed by atoms with van der Waals surface area (Å²) in [6.07, 6.45) is 6.13. The van der Waals surface area contributed by atoms with Crippen LogP contribution in [0.2, 0.25) is 0 Å². The summed E-state index contributed by atoms with van der Waals surface area (Å²) >= 11 is 0. The van der Waals surface area contributed by atoms with E-state index in [0.717, 1.165) is 19.1 Å². The molecule has 0 bridgehead atoms. The van der Waals surface area contributed by atoms with Crippen LogP contribution in [-0.4, -0.2) is 67.7 Å². The van der Waals surface area contributed by atoms with Gasteiger partial charge in [-0.3, -0.25) is 4.98 Å². The van der Waals surface area contributed by atoms with Crippen LogP contribution in [0.25, 0.3) is 11.7 Å². The summed E-state index contributed by atoms with van der Waals surface area (Å²) < 4.78 is 24.1. The van der Waals surface area contributed by atoms with Crippen LogP contribution < -0.4 is 21.8 Å². The standard InChI is InChI=1S/C15H18N8O4S/c1-28(26,27)5-4-16-13-20-11-8(6-10-12(24)21-15(25)19-10)7-17-23(11)14(22-13)18-9-2-3-9/h6-7,9,24H,2-5H2,1H3,(H,16,18,22)(H2,19,21,25). The molecule has 0 aliphatic heterocycles. The monoisotopic (exact) mass is 406 g/mol. The van der Waals surface area contributed by atoms with Gasteiger partial charge in [0.1, 0.15) is 15.5 Å². The first-order valence-corrected chi connectivity index (χ1v) is 10.6. The average Bonchev–Trinajstić information content (AvgIpc) is 3.23. The Hall–Kier alpha value is -3.22. The van der Waals surface area contributed by atoms with Gasteiger partial charge in [0.05, 0.1) is 18.0 Å². The lowest BCUT2D eigenvalue weighted by Crippen LogP contribution is -2.26. The van der Waals surface area contributed by atoms with Crippen molar-refractivity contribution in [1.29, 1.82) is 0 Å². The fourth-order valence-corrected chi connectivity index (χ4v) is 2.98. The molecule has 3 aromatic heterocycles. The molecule has 12 nitrogen and oxygen atoms in total. The van der Waals surface area contributed by atoms with Crippen LogP contribution >= 0.6 is 0 Å². The molecule has 4 rings (SSSR count). The van der Waals surface area contributed by atoms with Crippen LogP contribution in [0.5, 0.6) is 5.88 Å². The van der Waals surface area contributed by atoms with Gasteiger partial charge in [0.25, 0.3) is 5.62 Å². The minimum Gasteiger partial charge on any atom is -0.493 e. The molecule has 1 fully saturated rings. The number of nitrogens with one attached hydrogen (secondary N) is 3. The lowest BCUT2D eigenvalue weighted by Gasteiger charge is -2.04. The lowest BCUT2D eigenvalue weighted by atomic mass is 10.3. The van der Waals surface area contributed by atoms with Gasteiger partial charge in [-0.1, -0.05) is 0 Å². The third-order valence-corrected chi connectivity index (χ3v) is 4.96. The highest BCUT2D eigenvalue weighted by Crippen LogP contribution is 2.22. The van der Waals surface area contributed by atoms with Gasteiger partial charge < -0.3 is 15.4 Å². The maximum absolute atomic E-state index is 11.3. The summed E-state index contributed by atoms with van der Waals surface area (Å²) in [7, 11) is -3.13. The first-order valence-electron chi connectivity index (χ1n) is 8.53. The van der Waals surface area contributed by atoms with E-state index in [1.807, 2.05) is 0 Å². The molecule has 1 saturated carbocycles. The Balaban J connectivity index is 1.81. The zero-order chi connectivity index (χ0) is 19.9. The van der Waals surface area contributed by atoms with Crippen LogP contribution in [0.1, 0.15) is 18.5 Å². The second-order valence-corrected chi connectivity index (χ2v) is 8.84. The first kappa shape index (κ1) is 18.2. The smallest absolute Gasteiger partial charge is 0.326 e. The molecule has 0 atom stereocenters. The molecule has 3 aromatic rings. The number of aromatic nitrogens is 6. The van der Waals surface area contributed by atoms with E-state index in [-0.39, 0.29) is 35.9 Å². The summed E-state index contributed by atoms with van der Waals surface area (Å²) in [5.41, 5.74) is 0.395. The number of nitrogens with zero attached hydrogens (tertiary/aromatic N) is 5. The highest BCUT2D eigenvalue weighted by Gasteiger charge is 2.21. The number of sulfone groups is 1. The summed E-state index contributed by atoms with van der Waals surface area (Å²) in [5.74, 6) is -0.141. The minimum absolute atomic E-state index is 0.0622. The quantitative estimate of drug-likeness (QED) is 0.361. The molecule has 1 aliphatic rings. The van der Waals surface area contributed by atoms with Crippen LogP contribution in [0.4, 0.5) is 5.95 Å². The van der Waals surface area contributed by atoms with E-state index in [9.17, 15) is 18.3 Å². The first-order chi connectivity index (χ1) is 13.3. The topological polar surface area (TPSA) is 170 Å². The second kappa shape index (κ2) is 6.74. The van der Waals surface area contributed by atoms with Gasteiger partial charge in [-0.2, -0.15) is 19.6 Å². The number of imidazole rings is 1.